The average molecular weight is 987 g/mol. The van der Waals surface area contributed by atoms with Crippen LogP contribution in [0.4, 0.5) is 34.1 Å². The summed E-state index contributed by atoms with van der Waals surface area (Å²) in [5.74, 6) is -2.98. The number of aliphatic hydroxyl groups is 2. The molecule has 0 spiro atoms. The van der Waals surface area contributed by atoms with E-state index in [0.29, 0.717) is 22.7 Å². The number of benzene rings is 6. The Morgan fingerprint density at radius 2 is 0.758 bits per heavy atom. The summed E-state index contributed by atoms with van der Waals surface area (Å²) in [6.45, 7) is 2.51. The molecule has 0 atom stereocenters. The molecule has 0 bridgehead atoms. The smallest absolute Gasteiger partial charge is 0.510 e. The first-order valence-corrected chi connectivity index (χ1v) is 21.7. The SMILES string of the molecule is C/C(O)=C(/N=Nc1cc(S(=O)(=O)Nc2ccccc2)ccc1O)C(=O)Nc1ccccc1.C/C(O)=C(/N=Nc1cc(S(=O)(=O)Nc2ccccc2)ccc1O)C(=O)Nc1ccccc1.[Co].[Na+]. The van der Waals surface area contributed by atoms with Gasteiger partial charge in [-0.15, -0.1) is 20.5 Å². The molecule has 18 nitrogen and oxygen atoms in total. The minimum absolute atomic E-state index is 0. The van der Waals surface area contributed by atoms with E-state index in [-0.39, 0.29) is 79.0 Å². The van der Waals surface area contributed by atoms with Gasteiger partial charge in [-0.3, -0.25) is 19.0 Å². The number of anilines is 4. The molecule has 0 heterocycles. The topological polar surface area (TPSA) is 281 Å². The van der Waals surface area contributed by atoms with E-state index in [1.807, 2.05) is 0 Å². The molecule has 0 aliphatic rings. The summed E-state index contributed by atoms with van der Waals surface area (Å²) in [6, 6.07) is 40.5. The third-order valence-corrected chi connectivity index (χ3v) is 11.0. The fourth-order valence-corrected chi connectivity index (χ4v) is 7.29. The minimum Gasteiger partial charge on any atom is -0.510 e. The van der Waals surface area contributed by atoms with Gasteiger partial charge in [-0.25, -0.2) is 16.8 Å². The van der Waals surface area contributed by atoms with E-state index in [1.54, 1.807) is 121 Å². The van der Waals surface area contributed by atoms with Crippen molar-refractivity contribution in [3.8, 4) is 11.5 Å². The Hall–Kier alpha value is -6.85. The molecule has 0 unspecified atom stereocenters. The number of azo groups is 2. The number of aromatic hydroxyl groups is 2. The maximum Gasteiger partial charge on any atom is 1.00 e. The van der Waals surface area contributed by atoms with Crippen molar-refractivity contribution in [1.82, 2.24) is 0 Å². The summed E-state index contributed by atoms with van der Waals surface area (Å²) in [5, 5.41) is 60.0. The second-order valence-electron chi connectivity index (χ2n) is 13.2. The predicted octanol–water partition coefficient (Wildman–Crippen LogP) is 6.41. The average Bonchev–Trinajstić information content (AvgIpc) is 3.26. The Kier molecular flexibility index (Phi) is 20.3. The van der Waals surface area contributed by atoms with Crippen molar-refractivity contribution in [3.05, 3.63) is 181 Å². The van der Waals surface area contributed by atoms with Crippen molar-refractivity contribution < 1.29 is 93.2 Å². The van der Waals surface area contributed by atoms with Gasteiger partial charge in [0.25, 0.3) is 31.9 Å². The number of phenolic OH excluding ortho intramolecular Hbond substituents is 2. The number of amides is 2. The molecule has 22 heteroatoms. The van der Waals surface area contributed by atoms with Gasteiger partial charge in [-0.1, -0.05) is 72.8 Å². The van der Waals surface area contributed by atoms with Crippen LogP contribution >= 0.6 is 0 Å². The largest absolute Gasteiger partial charge is 1.00 e. The summed E-state index contributed by atoms with van der Waals surface area (Å²) in [5.41, 5.74) is 0.487. The van der Waals surface area contributed by atoms with Gasteiger partial charge in [-0.05, 0) is 98.8 Å². The van der Waals surface area contributed by atoms with E-state index < -0.39 is 54.8 Å². The van der Waals surface area contributed by atoms with Gasteiger partial charge in [0, 0.05) is 39.5 Å². The third kappa shape index (κ3) is 15.7. The van der Waals surface area contributed by atoms with E-state index in [2.05, 4.69) is 40.5 Å². The number of nitrogens with one attached hydrogen (secondary N) is 4. The van der Waals surface area contributed by atoms with E-state index in [0.717, 1.165) is 24.3 Å². The molecular weight excluding hydrogens is 947 g/mol. The molecule has 6 rings (SSSR count). The summed E-state index contributed by atoms with van der Waals surface area (Å²) in [6.07, 6.45) is 0. The van der Waals surface area contributed by atoms with E-state index in [4.69, 9.17) is 0 Å². The summed E-state index contributed by atoms with van der Waals surface area (Å²) >= 11 is 0. The van der Waals surface area contributed by atoms with Crippen LogP contribution in [0.1, 0.15) is 13.8 Å². The van der Waals surface area contributed by atoms with Crippen molar-refractivity contribution in [3.63, 3.8) is 0 Å². The summed E-state index contributed by atoms with van der Waals surface area (Å²) in [4.78, 5) is 24.5. The number of allylic oxidation sites excluding steroid dienone is 2. The van der Waals surface area contributed by atoms with Gasteiger partial charge in [0.2, 0.25) is 0 Å². The van der Waals surface area contributed by atoms with Gasteiger partial charge in [0.05, 0.1) is 9.79 Å². The zero-order valence-corrected chi connectivity index (χ0v) is 39.9. The van der Waals surface area contributed by atoms with Crippen molar-refractivity contribution in [2.75, 3.05) is 20.1 Å². The van der Waals surface area contributed by atoms with Gasteiger partial charge < -0.3 is 31.1 Å². The van der Waals surface area contributed by atoms with Crippen LogP contribution in [0.25, 0.3) is 0 Å². The molecule has 6 aromatic carbocycles. The predicted molar refractivity (Wildman–Crippen MR) is 241 cm³/mol. The van der Waals surface area contributed by atoms with Crippen LogP contribution in [0.15, 0.2) is 211 Å². The minimum atomic E-state index is -3.97. The Balaban J connectivity index is 0.000000340. The van der Waals surface area contributed by atoms with Crippen LogP contribution in [0.2, 0.25) is 0 Å². The quantitative estimate of drug-likeness (QED) is 0.0257. The maximum atomic E-state index is 12.6. The third-order valence-electron chi connectivity index (χ3n) is 8.26. The number of carbonyl (C=O) groups excluding carboxylic acids is 2. The van der Waals surface area contributed by atoms with Gasteiger partial charge in [-0.2, -0.15) is 0 Å². The first-order valence-electron chi connectivity index (χ1n) is 18.7. The van der Waals surface area contributed by atoms with E-state index in [9.17, 15) is 46.9 Å². The van der Waals surface area contributed by atoms with Crippen LogP contribution in [0.3, 0.4) is 0 Å². The Morgan fingerprint density at radius 1 is 0.470 bits per heavy atom. The van der Waals surface area contributed by atoms with Crippen LogP contribution in [-0.4, -0.2) is 49.1 Å². The fraction of sp³-hybridized carbons (Fsp3) is 0.0455. The number of hydrogen-bond donors (Lipinski definition) is 8. The zero-order valence-electron chi connectivity index (χ0n) is 35.2. The van der Waals surface area contributed by atoms with E-state index >= 15 is 0 Å². The molecule has 1 radical (unpaired) electrons. The molecule has 2 amide bonds. The number of para-hydroxylation sites is 4. The maximum absolute atomic E-state index is 12.6. The number of carbonyl (C=O) groups is 2. The monoisotopic (exact) mass is 986 g/mol. The molecule has 8 N–H and O–H groups in total. The molecule has 66 heavy (non-hydrogen) atoms. The Morgan fingerprint density at radius 3 is 1.05 bits per heavy atom. The van der Waals surface area contributed by atoms with Crippen molar-refractivity contribution in [2.45, 2.75) is 23.6 Å². The van der Waals surface area contributed by atoms with Crippen molar-refractivity contribution >= 4 is 66.0 Å². The number of rotatable bonds is 14. The molecule has 0 saturated carbocycles. The molecule has 0 fully saturated rings. The van der Waals surface area contributed by atoms with Crippen molar-refractivity contribution in [2.24, 2.45) is 20.5 Å². The number of aliphatic hydroxyl groups excluding tert-OH is 2. The van der Waals surface area contributed by atoms with Crippen LogP contribution in [0, 0.1) is 0 Å². The molecule has 6 aromatic rings. The molecule has 337 valence electrons. The standard InChI is InChI=1S/2C22H20N4O5S.Co.Na/c2*1-15(27)21(22(29)23-16-8-4-2-5-9-16)25-24-19-14-18(12-13-20(19)28)32(30,31)26-17-10-6-3-7-11-17;;/h2*2-14,26-28H,1H3,(H,23,29);;/q;;;+1/b2*21-15-,25-24?;;. The number of hydrogen-bond acceptors (Lipinski definition) is 14. The fourth-order valence-electron chi connectivity index (χ4n) is 5.14. The van der Waals surface area contributed by atoms with Gasteiger partial charge >= 0.3 is 29.6 Å². The Labute approximate surface area is 412 Å². The second-order valence-corrected chi connectivity index (χ2v) is 16.5. The van der Waals surface area contributed by atoms with Crippen LogP contribution in [0.5, 0.6) is 11.5 Å². The normalized spacial score (nSPS) is 11.9. The first kappa shape index (κ1) is 53.5. The van der Waals surface area contributed by atoms with Crippen molar-refractivity contribution in [1.29, 1.82) is 0 Å². The van der Waals surface area contributed by atoms with Gasteiger partial charge in [0.15, 0.2) is 11.4 Å². The molecule has 0 saturated heterocycles. The van der Waals surface area contributed by atoms with E-state index in [1.165, 1.54) is 26.0 Å². The second kappa shape index (κ2) is 25.0. The number of nitrogens with zero attached hydrogens (tertiary/aromatic N) is 4. The molecule has 0 aliphatic carbocycles. The van der Waals surface area contributed by atoms with Crippen LogP contribution < -0.4 is 49.6 Å². The molecule has 0 aliphatic heterocycles. The zero-order chi connectivity index (χ0) is 46.3. The first-order chi connectivity index (χ1) is 30.5. The Bertz CT molecular complexity index is 2760. The summed E-state index contributed by atoms with van der Waals surface area (Å²) < 4.78 is 55.4. The summed E-state index contributed by atoms with van der Waals surface area (Å²) in [7, 11) is -7.94. The van der Waals surface area contributed by atoms with Crippen LogP contribution in [-0.2, 0) is 46.4 Å². The number of sulfonamides is 2. The molecular formula is C44H40CoN8NaO10S2+. The van der Waals surface area contributed by atoms with Gasteiger partial charge in [0.1, 0.15) is 34.4 Å². The number of phenols is 2. The molecule has 0 aromatic heterocycles.